The molecule has 1 aliphatic rings. The van der Waals surface area contributed by atoms with Crippen LogP contribution in [0.4, 0.5) is 19.3 Å². The van der Waals surface area contributed by atoms with Crippen molar-refractivity contribution in [2.75, 3.05) is 38.0 Å². The fraction of sp³-hybridized carbons (Fsp3) is 0.316. The van der Waals surface area contributed by atoms with Crippen LogP contribution < -0.4 is 5.32 Å². The molecule has 1 saturated heterocycles. The molecule has 2 amide bonds. The normalized spacial score (nSPS) is 15.1. The molecule has 0 aliphatic carbocycles. The summed E-state index contributed by atoms with van der Waals surface area (Å²) in [6.45, 7) is 3.37. The number of urea groups is 1. The Balaban J connectivity index is 1.47. The second-order valence-corrected chi connectivity index (χ2v) is 6.67. The number of carbonyl (C=O) groups excluding carboxylic acids is 1. The van der Waals surface area contributed by atoms with Crippen molar-refractivity contribution in [3.63, 3.8) is 0 Å². The lowest BCUT2D eigenvalue weighted by Crippen LogP contribution is -2.50. The molecule has 0 unspecified atom stereocenters. The third kappa shape index (κ3) is 4.71. The van der Waals surface area contributed by atoms with Gasteiger partial charge in [-0.1, -0.05) is 29.8 Å². The number of amides is 2. The molecule has 7 heteroatoms. The Labute approximate surface area is 156 Å². The number of para-hydroxylation sites is 1. The summed E-state index contributed by atoms with van der Waals surface area (Å²) in [5.74, 6) is -1.56. The maximum Gasteiger partial charge on any atom is 0.322 e. The van der Waals surface area contributed by atoms with Gasteiger partial charge in [-0.2, -0.15) is 0 Å². The van der Waals surface area contributed by atoms with Crippen LogP contribution in [-0.2, 0) is 6.42 Å². The number of benzene rings is 2. The highest BCUT2D eigenvalue weighted by molar-refractivity contribution is 6.30. The van der Waals surface area contributed by atoms with Crippen molar-refractivity contribution in [3.8, 4) is 0 Å². The lowest BCUT2D eigenvalue weighted by molar-refractivity contribution is 0.148. The number of halogens is 3. The fourth-order valence-corrected chi connectivity index (χ4v) is 3.04. The predicted octanol–water partition coefficient (Wildman–Crippen LogP) is 4.01. The molecule has 1 N–H and O–H groups in total. The van der Waals surface area contributed by atoms with Crippen LogP contribution in [0.3, 0.4) is 0 Å². The summed E-state index contributed by atoms with van der Waals surface area (Å²) in [4.78, 5) is 16.1. The second kappa shape index (κ2) is 8.47. The first-order chi connectivity index (χ1) is 12.5. The number of carbonyl (C=O) groups is 1. The second-order valence-electron chi connectivity index (χ2n) is 6.23. The van der Waals surface area contributed by atoms with Crippen molar-refractivity contribution in [2.24, 2.45) is 0 Å². The number of nitrogens with zero attached hydrogens (tertiary/aromatic N) is 2. The Morgan fingerprint density at radius 1 is 1.00 bits per heavy atom. The van der Waals surface area contributed by atoms with Gasteiger partial charge in [0.1, 0.15) is 17.3 Å². The number of rotatable bonds is 4. The molecule has 0 saturated carbocycles. The Kier molecular flexibility index (Phi) is 6.06. The fourth-order valence-electron chi connectivity index (χ4n) is 2.92. The molecule has 0 atom stereocenters. The molecule has 2 aromatic carbocycles. The summed E-state index contributed by atoms with van der Waals surface area (Å²) < 4.78 is 27.3. The largest absolute Gasteiger partial charge is 0.322 e. The van der Waals surface area contributed by atoms with E-state index in [9.17, 15) is 13.6 Å². The lowest BCUT2D eigenvalue weighted by Gasteiger charge is -2.34. The van der Waals surface area contributed by atoms with Gasteiger partial charge in [-0.3, -0.25) is 4.90 Å². The van der Waals surface area contributed by atoms with Crippen molar-refractivity contribution in [1.29, 1.82) is 0 Å². The van der Waals surface area contributed by atoms with Crippen LogP contribution in [0.15, 0.2) is 42.5 Å². The van der Waals surface area contributed by atoms with E-state index in [2.05, 4.69) is 10.2 Å². The number of piperazine rings is 1. The Morgan fingerprint density at radius 3 is 2.23 bits per heavy atom. The molecule has 1 aliphatic heterocycles. The van der Waals surface area contributed by atoms with Crippen LogP contribution in [0, 0.1) is 11.6 Å². The number of hydrogen-bond acceptors (Lipinski definition) is 2. The average molecular weight is 380 g/mol. The lowest BCUT2D eigenvalue weighted by atomic mass is 10.1. The first-order valence-electron chi connectivity index (χ1n) is 8.49. The van der Waals surface area contributed by atoms with E-state index in [1.165, 1.54) is 11.6 Å². The van der Waals surface area contributed by atoms with E-state index in [0.717, 1.165) is 43.2 Å². The molecule has 26 heavy (non-hydrogen) atoms. The van der Waals surface area contributed by atoms with Gasteiger partial charge in [-0.15, -0.1) is 0 Å². The van der Waals surface area contributed by atoms with Crippen molar-refractivity contribution >= 4 is 23.3 Å². The maximum atomic E-state index is 13.6. The van der Waals surface area contributed by atoms with Crippen LogP contribution >= 0.6 is 11.6 Å². The van der Waals surface area contributed by atoms with E-state index in [-0.39, 0.29) is 0 Å². The molecule has 1 heterocycles. The minimum absolute atomic E-state index is 0.400. The van der Waals surface area contributed by atoms with Gasteiger partial charge in [0.15, 0.2) is 0 Å². The standard InChI is InChI=1S/C19H20ClF2N3O/c20-15-6-4-14(5-7-15)8-9-24-10-12-25(13-11-24)19(26)23-18-16(21)2-1-3-17(18)22/h1-7H,8-13H2,(H,23,26). The number of nitrogens with one attached hydrogen (secondary N) is 1. The predicted molar refractivity (Wildman–Crippen MR) is 98.5 cm³/mol. The SMILES string of the molecule is O=C(Nc1c(F)cccc1F)N1CCN(CCc2ccc(Cl)cc2)CC1. The Bertz CT molecular complexity index is 742. The number of anilines is 1. The molecule has 0 bridgehead atoms. The minimum atomic E-state index is -0.778. The van der Waals surface area contributed by atoms with Crippen LogP contribution in [-0.4, -0.2) is 48.6 Å². The van der Waals surface area contributed by atoms with Crippen molar-refractivity contribution in [3.05, 3.63) is 64.7 Å². The average Bonchev–Trinajstić information content (AvgIpc) is 2.65. The monoisotopic (exact) mass is 379 g/mol. The summed E-state index contributed by atoms with van der Waals surface area (Å²) in [6.07, 6.45) is 0.907. The topological polar surface area (TPSA) is 35.6 Å². The van der Waals surface area contributed by atoms with Crippen molar-refractivity contribution in [2.45, 2.75) is 6.42 Å². The van der Waals surface area contributed by atoms with Gasteiger partial charge in [0.05, 0.1) is 0 Å². The van der Waals surface area contributed by atoms with E-state index in [4.69, 9.17) is 11.6 Å². The first kappa shape index (κ1) is 18.6. The highest BCUT2D eigenvalue weighted by atomic mass is 35.5. The number of hydrogen-bond donors (Lipinski definition) is 1. The molecule has 2 aromatic rings. The zero-order chi connectivity index (χ0) is 18.5. The third-order valence-corrected chi connectivity index (χ3v) is 4.74. The summed E-state index contributed by atoms with van der Waals surface area (Å²) in [6, 6.07) is 10.8. The summed E-state index contributed by atoms with van der Waals surface area (Å²) in [5, 5.41) is 3.05. The summed E-state index contributed by atoms with van der Waals surface area (Å²) in [7, 11) is 0. The molecule has 0 radical (unpaired) electrons. The molecular weight excluding hydrogens is 360 g/mol. The van der Waals surface area contributed by atoms with Gasteiger partial charge in [0, 0.05) is 37.7 Å². The van der Waals surface area contributed by atoms with Gasteiger partial charge in [0.2, 0.25) is 0 Å². The first-order valence-corrected chi connectivity index (χ1v) is 8.87. The molecule has 3 rings (SSSR count). The smallest absolute Gasteiger partial charge is 0.322 e. The molecular formula is C19H20ClF2N3O. The summed E-state index contributed by atoms with van der Waals surface area (Å²) >= 11 is 5.88. The quantitative estimate of drug-likeness (QED) is 0.871. The van der Waals surface area contributed by atoms with Gasteiger partial charge in [0.25, 0.3) is 0 Å². The zero-order valence-corrected chi connectivity index (χ0v) is 15.0. The van der Waals surface area contributed by atoms with E-state index in [1.54, 1.807) is 4.90 Å². The highest BCUT2D eigenvalue weighted by Crippen LogP contribution is 2.19. The highest BCUT2D eigenvalue weighted by Gasteiger charge is 2.22. The third-order valence-electron chi connectivity index (χ3n) is 4.48. The van der Waals surface area contributed by atoms with E-state index >= 15 is 0 Å². The van der Waals surface area contributed by atoms with Crippen LogP contribution in [0.5, 0.6) is 0 Å². The molecule has 0 aromatic heterocycles. The maximum absolute atomic E-state index is 13.6. The van der Waals surface area contributed by atoms with Gasteiger partial charge >= 0.3 is 6.03 Å². The van der Waals surface area contributed by atoms with Crippen molar-refractivity contribution in [1.82, 2.24) is 9.80 Å². The molecule has 0 spiro atoms. The van der Waals surface area contributed by atoms with Gasteiger partial charge in [-0.05, 0) is 36.2 Å². The molecule has 4 nitrogen and oxygen atoms in total. The molecule has 1 fully saturated rings. The zero-order valence-electron chi connectivity index (χ0n) is 14.2. The van der Waals surface area contributed by atoms with Crippen LogP contribution in [0.25, 0.3) is 0 Å². The summed E-state index contributed by atoms with van der Waals surface area (Å²) in [5.41, 5.74) is 0.812. The van der Waals surface area contributed by atoms with Crippen LogP contribution in [0.1, 0.15) is 5.56 Å². The van der Waals surface area contributed by atoms with Crippen molar-refractivity contribution < 1.29 is 13.6 Å². The van der Waals surface area contributed by atoms with Gasteiger partial charge in [-0.25, -0.2) is 13.6 Å². The molecule has 138 valence electrons. The van der Waals surface area contributed by atoms with E-state index < -0.39 is 23.4 Å². The van der Waals surface area contributed by atoms with Crippen LogP contribution in [0.2, 0.25) is 5.02 Å². The minimum Gasteiger partial charge on any atom is -0.322 e. The van der Waals surface area contributed by atoms with Gasteiger partial charge < -0.3 is 10.2 Å². The Hall–Kier alpha value is -2.18. The Morgan fingerprint density at radius 2 is 1.62 bits per heavy atom. The van der Waals surface area contributed by atoms with E-state index in [1.807, 2.05) is 24.3 Å². The van der Waals surface area contributed by atoms with E-state index in [0.29, 0.717) is 13.1 Å².